The molecule has 2 unspecified atom stereocenters. The first-order valence-corrected chi connectivity index (χ1v) is 5.86. The summed E-state index contributed by atoms with van der Waals surface area (Å²) in [6, 6.07) is 0. The van der Waals surface area contributed by atoms with E-state index in [9.17, 15) is 10.2 Å². The fraction of sp³-hybridized carbons (Fsp3) is 0.667. The molecule has 1 aromatic rings. The molecule has 0 aliphatic rings. The van der Waals surface area contributed by atoms with E-state index in [4.69, 9.17) is 4.74 Å². The predicted molar refractivity (Wildman–Crippen MR) is 63.6 cm³/mol. The van der Waals surface area contributed by atoms with Crippen molar-refractivity contribution in [2.45, 2.75) is 38.9 Å². The van der Waals surface area contributed by atoms with Crippen LogP contribution < -0.4 is 4.74 Å². The van der Waals surface area contributed by atoms with E-state index >= 15 is 0 Å². The normalized spacial score (nSPS) is 14.7. The average molecular weight is 240 g/mol. The molecule has 96 valence electrons. The minimum Gasteiger partial charge on any atom is -0.480 e. The summed E-state index contributed by atoms with van der Waals surface area (Å²) in [4.78, 5) is 7.98. The zero-order valence-corrected chi connectivity index (χ0v) is 10.5. The molecule has 0 fully saturated rings. The standard InChI is InChI=1S/C12H20N2O3/c1-4-8(5-2)10(15)11(16)9-12(17-3)14-7-6-13-9/h6-8,10-11,15-16H,4-5H2,1-3H3. The molecule has 0 aliphatic carbocycles. The maximum Gasteiger partial charge on any atom is 0.238 e. The van der Waals surface area contributed by atoms with Gasteiger partial charge >= 0.3 is 0 Å². The summed E-state index contributed by atoms with van der Waals surface area (Å²) in [5, 5.41) is 20.2. The molecule has 2 atom stereocenters. The van der Waals surface area contributed by atoms with E-state index in [1.807, 2.05) is 13.8 Å². The molecule has 0 saturated heterocycles. The number of aliphatic hydroxyl groups is 2. The number of nitrogens with zero attached hydrogens (tertiary/aromatic N) is 2. The van der Waals surface area contributed by atoms with E-state index < -0.39 is 12.2 Å². The van der Waals surface area contributed by atoms with Gasteiger partial charge in [0.1, 0.15) is 11.8 Å². The molecule has 0 spiro atoms. The van der Waals surface area contributed by atoms with Gasteiger partial charge in [0.15, 0.2) is 0 Å². The summed E-state index contributed by atoms with van der Waals surface area (Å²) in [6.07, 6.45) is 2.65. The van der Waals surface area contributed by atoms with Gasteiger partial charge in [0.25, 0.3) is 0 Å². The summed E-state index contributed by atoms with van der Waals surface area (Å²) in [6.45, 7) is 3.97. The van der Waals surface area contributed by atoms with Crippen molar-refractivity contribution >= 4 is 0 Å². The molecule has 0 aromatic carbocycles. The van der Waals surface area contributed by atoms with Gasteiger partial charge < -0.3 is 14.9 Å². The molecule has 17 heavy (non-hydrogen) atoms. The first kappa shape index (κ1) is 13.9. The Morgan fingerprint density at radius 2 is 1.76 bits per heavy atom. The smallest absolute Gasteiger partial charge is 0.238 e. The van der Waals surface area contributed by atoms with Crippen molar-refractivity contribution in [2.75, 3.05) is 7.11 Å². The van der Waals surface area contributed by atoms with Gasteiger partial charge in [-0.15, -0.1) is 0 Å². The molecule has 0 bridgehead atoms. The van der Waals surface area contributed by atoms with E-state index in [-0.39, 0.29) is 17.5 Å². The lowest BCUT2D eigenvalue weighted by atomic mass is 9.91. The lowest BCUT2D eigenvalue weighted by molar-refractivity contribution is -0.0244. The average Bonchev–Trinajstić information content (AvgIpc) is 2.39. The van der Waals surface area contributed by atoms with E-state index in [0.29, 0.717) is 0 Å². The zero-order chi connectivity index (χ0) is 12.8. The SMILES string of the molecule is CCC(CC)C(O)C(O)c1nccnc1OC. The molecule has 5 nitrogen and oxygen atoms in total. The molecular formula is C12H20N2O3. The molecule has 1 aromatic heterocycles. The number of hydrogen-bond donors (Lipinski definition) is 2. The maximum atomic E-state index is 10.1. The Kier molecular flexibility index (Phi) is 5.31. The number of ether oxygens (including phenoxy) is 1. The molecule has 5 heteroatoms. The number of aliphatic hydroxyl groups excluding tert-OH is 2. The monoisotopic (exact) mass is 240 g/mol. The fourth-order valence-electron chi connectivity index (χ4n) is 1.89. The minimum absolute atomic E-state index is 0.0386. The van der Waals surface area contributed by atoms with Crippen LogP contribution in [-0.4, -0.2) is 33.4 Å². The maximum absolute atomic E-state index is 10.1. The Morgan fingerprint density at radius 3 is 2.29 bits per heavy atom. The largest absolute Gasteiger partial charge is 0.480 e. The second-order valence-corrected chi connectivity index (χ2v) is 3.96. The van der Waals surface area contributed by atoms with Crippen molar-refractivity contribution in [1.82, 2.24) is 9.97 Å². The molecule has 0 saturated carbocycles. The summed E-state index contributed by atoms with van der Waals surface area (Å²) in [7, 11) is 1.46. The van der Waals surface area contributed by atoms with Crippen molar-refractivity contribution in [3.05, 3.63) is 18.1 Å². The van der Waals surface area contributed by atoms with E-state index in [1.165, 1.54) is 19.5 Å². The number of methoxy groups -OCH3 is 1. The molecule has 2 N–H and O–H groups in total. The molecule has 0 aliphatic heterocycles. The zero-order valence-electron chi connectivity index (χ0n) is 10.5. The van der Waals surface area contributed by atoms with E-state index in [0.717, 1.165) is 12.8 Å². The van der Waals surface area contributed by atoms with Crippen molar-refractivity contribution in [3.8, 4) is 5.88 Å². The van der Waals surface area contributed by atoms with Crippen molar-refractivity contribution < 1.29 is 14.9 Å². The van der Waals surface area contributed by atoms with Gasteiger partial charge in [0, 0.05) is 12.4 Å². The molecule has 0 amide bonds. The van der Waals surface area contributed by atoms with Crippen LogP contribution in [0.4, 0.5) is 0 Å². The highest BCUT2D eigenvalue weighted by atomic mass is 16.5. The van der Waals surface area contributed by atoms with Crippen LogP contribution in [0.3, 0.4) is 0 Å². The Balaban J connectivity index is 2.91. The lowest BCUT2D eigenvalue weighted by Gasteiger charge is -2.25. The molecule has 1 heterocycles. The van der Waals surface area contributed by atoms with Crippen LogP contribution in [0.15, 0.2) is 12.4 Å². The van der Waals surface area contributed by atoms with Crippen LogP contribution in [-0.2, 0) is 0 Å². The van der Waals surface area contributed by atoms with E-state index in [2.05, 4.69) is 9.97 Å². The summed E-state index contributed by atoms with van der Waals surface area (Å²) in [5.74, 6) is 0.293. The Labute approximate surface area is 101 Å². The van der Waals surface area contributed by atoms with Crippen molar-refractivity contribution in [3.63, 3.8) is 0 Å². The van der Waals surface area contributed by atoms with Crippen molar-refractivity contribution in [1.29, 1.82) is 0 Å². The topological polar surface area (TPSA) is 75.5 Å². The molecule has 0 radical (unpaired) electrons. The van der Waals surface area contributed by atoms with Crippen LogP contribution in [0.1, 0.15) is 38.5 Å². The fourth-order valence-corrected chi connectivity index (χ4v) is 1.89. The first-order valence-electron chi connectivity index (χ1n) is 5.86. The van der Waals surface area contributed by atoms with Crippen LogP contribution in [0, 0.1) is 5.92 Å². The van der Waals surface area contributed by atoms with Gasteiger partial charge in [0.05, 0.1) is 13.2 Å². The lowest BCUT2D eigenvalue weighted by Crippen LogP contribution is -2.28. The third kappa shape index (κ3) is 3.14. The third-order valence-electron chi connectivity index (χ3n) is 3.02. The van der Waals surface area contributed by atoms with Gasteiger partial charge in [-0.1, -0.05) is 26.7 Å². The van der Waals surface area contributed by atoms with Gasteiger partial charge in [-0.25, -0.2) is 4.98 Å². The quantitative estimate of drug-likeness (QED) is 0.784. The third-order valence-corrected chi connectivity index (χ3v) is 3.02. The highest BCUT2D eigenvalue weighted by Gasteiger charge is 2.28. The Hall–Kier alpha value is -1.20. The number of rotatable bonds is 6. The second-order valence-electron chi connectivity index (χ2n) is 3.96. The van der Waals surface area contributed by atoms with Gasteiger partial charge in [-0.3, -0.25) is 4.98 Å². The van der Waals surface area contributed by atoms with Crippen molar-refractivity contribution in [2.24, 2.45) is 5.92 Å². The highest BCUT2D eigenvalue weighted by Crippen LogP contribution is 2.28. The van der Waals surface area contributed by atoms with E-state index in [1.54, 1.807) is 0 Å². The first-order chi connectivity index (χ1) is 8.15. The summed E-state index contributed by atoms with van der Waals surface area (Å²) < 4.78 is 5.02. The van der Waals surface area contributed by atoms with Gasteiger partial charge in [0.2, 0.25) is 5.88 Å². The van der Waals surface area contributed by atoms with Gasteiger partial charge in [-0.05, 0) is 5.92 Å². The summed E-state index contributed by atoms with van der Waals surface area (Å²) >= 11 is 0. The minimum atomic E-state index is -1.07. The number of hydrogen-bond acceptors (Lipinski definition) is 5. The molecular weight excluding hydrogens is 220 g/mol. The number of aromatic nitrogens is 2. The predicted octanol–water partition coefficient (Wildman–Crippen LogP) is 1.32. The van der Waals surface area contributed by atoms with Crippen LogP contribution in [0.2, 0.25) is 0 Å². The molecule has 1 rings (SSSR count). The second kappa shape index (κ2) is 6.51. The Morgan fingerprint density at radius 1 is 1.18 bits per heavy atom. The van der Waals surface area contributed by atoms with Gasteiger partial charge in [-0.2, -0.15) is 0 Å². The highest BCUT2D eigenvalue weighted by molar-refractivity contribution is 5.20. The Bertz CT molecular complexity index is 342. The van der Waals surface area contributed by atoms with Crippen LogP contribution in [0.25, 0.3) is 0 Å². The van der Waals surface area contributed by atoms with Crippen LogP contribution >= 0.6 is 0 Å². The summed E-state index contributed by atoms with van der Waals surface area (Å²) in [5.41, 5.74) is 0.286. The van der Waals surface area contributed by atoms with Crippen LogP contribution in [0.5, 0.6) is 5.88 Å².